The molecule has 0 fully saturated rings. The molecule has 0 rings (SSSR count). The molecule has 0 aliphatic rings. The summed E-state index contributed by atoms with van der Waals surface area (Å²) in [4.78, 5) is 10.6. The van der Waals surface area contributed by atoms with Crippen LogP contribution in [0.25, 0.3) is 0 Å². The normalized spacial score (nSPS) is 14.8. The molecule has 2 nitrogen and oxygen atoms in total. The Labute approximate surface area is 75.0 Å². The van der Waals surface area contributed by atoms with Crippen molar-refractivity contribution in [2.45, 2.75) is 41.0 Å². The number of carbonyl (C=O) groups is 1. The number of rotatable bonds is 3. The van der Waals surface area contributed by atoms with Crippen molar-refractivity contribution < 1.29 is 9.90 Å². The number of hydrogen-bond donors (Lipinski definition) is 1. The molecule has 0 aliphatic heterocycles. The first kappa shape index (κ1) is 11.5. The number of aliphatic carboxylic acids is 1. The summed E-state index contributed by atoms with van der Waals surface area (Å²) in [5.41, 5.74) is 0.0898. The van der Waals surface area contributed by atoms with Gasteiger partial charge in [-0.2, -0.15) is 0 Å². The molecule has 0 spiro atoms. The molecule has 12 heavy (non-hydrogen) atoms. The minimum absolute atomic E-state index is 0.0898. The third-order valence-electron chi connectivity index (χ3n) is 2.31. The maximum absolute atomic E-state index is 10.6. The zero-order chi connectivity index (χ0) is 9.94. The van der Waals surface area contributed by atoms with Crippen LogP contribution in [0, 0.1) is 17.3 Å². The maximum atomic E-state index is 10.6. The van der Waals surface area contributed by atoms with Crippen LogP contribution in [0.2, 0.25) is 0 Å². The highest BCUT2D eigenvalue weighted by atomic mass is 16.4. The van der Waals surface area contributed by atoms with E-state index in [1.807, 2.05) is 0 Å². The highest BCUT2D eigenvalue weighted by molar-refractivity contribution is 5.67. The zero-order valence-electron chi connectivity index (χ0n) is 8.72. The van der Waals surface area contributed by atoms with Crippen LogP contribution >= 0.6 is 0 Å². The first-order chi connectivity index (χ1) is 5.25. The molecule has 0 aromatic heterocycles. The smallest absolute Gasteiger partial charge is 0.303 e. The first-order valence-corrected chi connectivity index (χ1v) is 4.47. The van der Waals surface area contributed by atoms with Crippen molar-refractivity contribution in [1.29, 1.82) is 0 Å². The Morgan fingerprint density at radius 2 is 1.75 bits per heavy atom. The quantitative estimate of drug-likeness (QED) is 0.710. The van der Waals surface area contributed by atoms with Crippen LogP contribution in [0.3, 0.4) is 0 Å². The lowest BCUT2D eigenvalue weighted by Crippen LogP contribution is -2.27. The van der Waals surface area contributed by atoms with Gasteiger partial charge in [0.25, 0.3) is 0 Å². The fourth-order valence-electron chi connectivity index (χ4n) is 1.73. The highest BCUT2D eigenvalue weighted by Crippen LogP contribution is 2.34. The topological polar surface area (TPSA) is 37.3 Å². The van der Waals surface area contributed by atoms with E-state index >= 15 is 0 Å². The van der Waals surface area contributed by atoms with Crippen LogP contribution in [-0.2, 0) is 4.79 Å². The molecule has 1 unspecified atom stereocenters. The van der Waals surface area contributed by atoms with Gasteiger partial charge in [-0.1, -0.05) is 34.6 Å². The van der Waals surface area contributed by atoms with Crippen LogP contribution < -0.4 is 0 Å². The summed E-state index contributed by atoms with van der Waals surface area (Å²) in [6.07, 6.45) is 0.279. The van der Waals surface area contributed by atoms with Gasteiger partial charge in [0.1, 0.15) is 0 Å². The molecule has 2 heteroatoms. The van der Waals surface area contributed by atoms with E-state index in [2.05, 4.69) is 34.6 Å². The van der Waals surface area contributed by atoms with Gasteiger partial charge in [0, 0.05) is 6.42 Å². The molecule has 0 aromatic rings. The molecule has 0 radical (unpaired) electrons. The molecule has 0 aromatic carbocycles. The minimum atomic E-state index is -0.691. The average molecular weight is 172 g/mol. The van der Waals surface area contributed by atoms with Crippen molar-refractivity contribution in [2.24, 2.45) is 17.3 Å². The fourth-order valence-corrected chi connectivity index (χ4v) is 1.73. The summed E-state index contributed by atoms with van der Waals surface area (Å²) in [5, 5.41) is 8.70. The second-order valence-corrected chi connectivity index (χ2v) is 4.81. The van der Waals surface area contributed by atoms with Crippen LogP contribution in [0.5, 0.6) is 0 Å². The number of carboxylic acid groups (broad SMARTS) is 1. The Bertz CT molecular complexity index is 154. The van der Waals surface area contributed by atoms with Gasteiger partial charge in [-0.25, -0.2) is 0 Å². The Balaban J connectivity index is 4.35. The van der Waals surface area contributed by atoms with E-state index < -0.39 is 5.97 Å². The Hall–Kier alpha value is -0.530. The molecule has 72 valence electrons. The molecule has 1 N–H and O–H groups in total. The van der Waals surface area contributed by atoms with Gasteiger partial charge in [0.05, 0.1) is 0 Å². The predicted molar refractivity (Wildman–Crippen MR) is 50.0 cm³/mol. The molecule has 0 aliphatic carbocycles. The second-order valence-electron chi connectivity index (χ2n) is 4.81. The second kappa shape index (κ2) is 3.92. The largest absolute Gasteiger partial charge is 0.481 e. The maximum Gasteiger partial charge on any atom is 0.303 e. The molecular weight excluding hydrogens is 152 g/mol. The van der Waals surface area contributed by atoms with E-state index in [0.717, 1.165) is 0 Å². The van der Waals surface area contributed by atoms with E-state index in [1.54, 1.807) is 0 Å². The van der Waals surface area contributed by atoms with Gasteiger partial charge in [0.2, 0.25) is 0 Å². The Morgan fingerprint density at radius 1 is 1.33 bits per heavy atom. The van der Waals surface area contributed by atoms with Crippen LogP contribution in [0.1, 0.15) is 41.0 Å². The zero-order valence-corrected chi connectivity index (χ0v) is 8.72. The number of carboxylic acids is 1. The Kier molecular flexibility index (Phi) is 3.75. The molecule has 0 saturated carbocycles. The summed E-state index contributed by atoms with van der Waals surface area (Å²) in [7, 11) is 0. The van der Waals surface area contributed by atoms with Gasteiger partial charge in [-0.3, -0.25) is 4.79 Å². The van der Waals surface area contributed by atoms with Crippen LogP contribution in [0.4, 0.5) is 0 Å². The first-order valence-electron chi connectivity index (χ1n) is 4.47. The predicted octanol–water partition coefficient (Wildman–Crippen LogP) is 2.78. The van der Waals surface area contributed by atoms with Crippen molar-refractivity contribution in [2.75, 3.05) is 0 Å². The van der Waals surface area contributed by atoms with Crippen LogP contribution in [-0.4, -0.2) is 11.1 Å². The van der Waals surface area contributed by atoms with Gasteiger partial charge in [-0.15, -0.1) is 0 Å². The van der Waals surface area contributed by atoms with Crippen molar-refractivity contribution in [1.82, 2.24) is 0 Å². The molecule has 0 saturated heterocycles. The fraction of sp³-hybridized carbons (Fsp3) is 0.900. The average Bonchev–Trinajstić information content (AvgIpc) is 1.79. The van der Waals surface area contributed by atoms with E-state index in [4.69, 9.17) is 5.11 Å². The molecule has 1 atom stereocenters. The van der Waals surface area contributed by atoms with E-state index in [0.29, 0.717) is 5.92 Å². The SMILES string of the molecule is CC(C)C(CC(=O)O)C(C)(C)C. The van der Waals surface area contributed by atoms with Crippen molar-refractivity contribution >= 4 is 5.97 Å². The van der Waals surface area contributed by atoms with Crippen LogP contribution in [0.15, 0.2) is 0 Å². The molecule has 0 amide bonds. The molecule has 0 heterocycles. The summed E-state index contributed by atoms with van der Waals surface area (Å²) in [5.74, 6) is -0.000255. The summed E-state index contributed by atoms with van der Waals surface area (Å²) in [6.45, 7) is 10.5. The standard InChI is InChI=1S/C10H20O2/c1-7(2)8(6-9(11)12)10(3,4)5/h7-8H,6H2,1-5H3,(H,11,12). The highest BCUT2D eigenvalue weighted by Gasteiger charge is 2.29. The summed E-state index contributed by atoms with van der Waals surface area (Å²) >= 11 is 0. The van der Waals surface area contributed by atoms with Gasteiger partial charge in [0.15, 0.2) is 0 Å². The lowest BCUT2D eigenvalue weighted by atomic mass is 9.72. The van der Waals surface area contributed by atoms with Crippen molar-refractivity contribution in [3.05, 3.63) is 0 Å². The minimum Gasteiger partial charge on any atom is -0.481 e. The van der Waals surface area contributed by atoms with E-state index in [1.165, 1.54) is 0 Å². The van der Waals surface area contributed by atoms with Crippen molar-refractivity contribution in [3.63, 3.8) is 0 Å². The van der Waals surface area contributed by atoms with Gasteiger partial charge in [-0.05, 0) is 17.3 Å². The van der Waals surface area contributed by atoms with Gasteiger partial charge >= 0.3 is 5.97 Å². The lowest BCUT2D eigenvalue weighted by molar-refractivity contribution is -0.139. The third kappa shape index (κ3) is 3.74. The third-order valence-corrected chi connectivity index (χ3v) is 2.31. The summed E-state index contributed by atoms with van der Waals surface area (Å²) in [6, 6.07) is 0. The Morgan fingerprint density at radius 3 is 1.83 bits per heavy atom. The van der Waals surface area contributed by atoms with Crippen molar-refractivity contribution in [3.8, 4) is 0 Å². The molecular formula is C10H20O2. The van der Waals surface area contributed by atoms with E-state index in [-0.39, 0.29) is 17.8 Å². The lowest BCUT2D eigenvalue weighted by Gasteiger charge is -2.32. The van der Waals surface area contributed by atoms with Gasteiger partial charge < -0.3 is 5.11 Å². The monoisotopic (exact) mass is 172 g/mol. The molecule has 0 bridgehead atoms. The summed E-state index contributed by atoms with van der Waals surface area (Å²) < 4.78 is 0. The van der Waals surface area contributed by atoms with E-state index in [9.17, 15) is 4.79 Å². The number of hydrogen-bond acceptors (Lipinski definition) is 1.